The van der Waals surface area contributed by atoms with E-state index in [1.165, 1.54) is 6.92 Å². The van der Waals surface area contributed by atoms with Gasteiger partial charge in [-0.15, -0.1) is 0 Å². The van der Waals surface area contributed by atoms with Crippen molar-refractivity contribution in [2.75, 3.05) is 31.6 Å². The third-order valence-electron chi connectivity index (χ3n) is 5.35. The number of nitrogens with zero attached hydrogens (tertiary/aromatic N) is 2. The van der Waals surface area contributed by atoms with Gasteiger partial charge in [0.1, 0.15) is 0 Å². The molecule has 0 bridgehead atoms. The lowest BCUT2D eigenvalue weighted by atomic mass is 9.98. The standard InChI is InChI=1S/C24H27N3O3/c1-18(28)22-6-8-23(9-7-22)26-24(29)15-27-12-10-21(11-13-27)17-30-16-20-4-2-19(14-25)3-5-20/h2-9,21H,10-13,15-17H2,1H3,(H,26,29). The summed E-state index contributed by atoms with van der Waals surface area (Å²) in [5, 5.41) is 11.7. The first-order valence-corrected chi connectivity index (χ1v) is 10.2. The van der Waals surface area contributed by atoms with Crippen molar-refractivity contribution in [3.05, 3.63) is 65.2 Å². The number of rotatable bonds is 8. The van der Waals surface area contributed by atoms with E-state index in [-0.39, 0.29) is 11.7 Å². The number of hydrogen-bond donors (Lipinski definition) is 1. The van der Waals surface area contributed by atoms with Crippen LogP contribution in [0.3, 0.4) is 0 Å². The minimum atomic E-state index is -0.0407. The summed E-state index contributed by atoms with van der Waals surface area (Å²) in [5.41, 5.74) is 3.07. The number of carbonyl (C=O) groups is 2. The van der Waals surface area contributed by atoms with E-state index in [0.717, 1.165) is 31.5 Å². The van der Waals surface area contributed by atoms with Crippen molar-refractivity contribution in [3.8, 4) is 6.07 Å². The number of likely N-dealkylation sites (tertiary alicyclic amines) is 1. The van der Waals surface area contributed by atoms with Crippen LogP contribution in [-0.2, 0) is 16.1 Å². The lowest BCUT2D eigenvalue weighted by Gasteiger charge is -2.31. The molecule has 1 fully saturated rings. The Labute approximate surface area is 177 Å². The van der Waals surface area contributed by atoms with Gasteiger partial charge in [0.2, 0.25) is 5.91 Å². The number of ketones is 1. The summed E-state index contributed by atoms with van der Waals surface area (Å²) in [4.78, 5) is 25.8. The first kappa shape index (κ1) is 21.7. The van der Waals surface area contributed by atoms with Crippen molar-refractivity contribution in [1.82, 2.24) is 4.90 Å². The Hall–Kier alpha value is -3.01. The molecule has 1 saturated heterocycles. The monoisotopic (exact) mass is 405 g/mol. The summed E-state index contributed by atoms with van der Waals surface area (Å²) in [6.45, 7) is 4.91. The summed E-state index contributed by atoms with van der Waals surface area (Å²) < 4.78 is 5.85. The molecule has 0 spiro atoms. The second-order valence-electron chi connectivity index (χ2n) is 7.73. The van der Waals surface area contributed by atoms with Crippen LogP contribution in [0.4, 0.5) is 5.69 Å². The Balaban J connectivity index is 1.34. The highest BCUT2D eigenvalue weighted by atomic mass is 16.5. The number of amides is 1. The zero-order valence-corrected chi connectivity index (χ0v) is 17.3. The van der Waals surface area contributed by atoms with Crippen LogP contribution in [0.5, 0.6) is 0 Å². The number of benzene rings is 2. The lowest BCUT2D eigenvalue weighted by Crippen LogP contribution is -2.40. The average Bonchev–Trinajstić information content (AvgIpc) is 2.76. The summed E-state index contributed by atoms with van der Waals surface area (Å²) >= 11 is 0. The fourth-order valence-electron chi connectivity index (χ4n) is 3.52. The number of Topliss-reactive ketones (excluding diaryl/α,β-unsaturated/α-hetero) is 1. The van der Waals surface area contributed by atoms with E-state index in [9.17, 15) is 9.59 Å². The van der Waals surface area contributed by atoms with E-state index < -0.39 is 0 Å². The molecule has 156 valence electrons. The highest BCUT2D eigenvalue weighted by Gasteiger charge is 2.21. The van der Waals surface area contributed by atoms with Gasteiger partial charge in [-0.25, -0.2) is 0 Å². The van der Waals surface area contributed by atoms with Crippen LogP contribution in [0.15, 0.2) is 48.5 Å². The molecule has 3 rings (SSSR count). The van der Waals surface area contributed by atoms with Crippen molar-refractivity contribution in [1.29, 1.82) is 5.26 Å². The van der Waals surface area contributed by atoms with Crippen LogP contribution in [0, 0.1) is 17.2 Å². The maximum absolute atomic E-state index is 12.3. The second kappa shape index (κ2) is 10.7. The molecule has 6 heteroatoms. The Kier molecular flexibility index (Phi) is 7.72. The van der Waals surface area contributed by atoms with Gasteiger partial charge in [-0.2, -0.15) is 5.26 Å². The van der Waals surface area contributed by atoms with Crippen molar-refractivity contribution < 1.29 is 14.3 Å². The molecule has 6 nitrogen and oxygen atoms in total. The largest absolute Gasteiger partial charge is 0.376 e. The molecule has 2 aromatic rings. The third kappa shape index (κ3) is 6.51. The van der Waals surface area contributed by atoms with Crippen LogP contribution in [0.2, 0.25) is 0 Å². The van der Waals surface area contributed by atoms with E-state index in [4.69, 9.17) is 10.00 Å². The van der Waals surface area contributed by atoms with Crippen molar-refractivity contribution in [3.63, 3.8) is 0 Å². The van der Waals surface area contributed by atoms with Crippen LogP contribution in [0.25, 0.3) is 0 Å². The van der Waals surface area contributed by atoms with Gasteiger partial charge < -0.3 is 10.1 Å². The molecule has 1 N–H and O–H groups in total. The molecule has 1 heterocycles. The van der Waals surface area contributed by atoms with Crippen LogP contribution in [0.1, 0.15) is 41.3 Å². The van der Waals surface area contributed by atoms with E-state index in [1.54, 1.807) is 36.4 Å². The lowest BCUT2D eigenvalue weighted by molar-refractivity contribution is -0.117. The van der Waals surface area contributed by atoms with E-state index in [2.05, 4.69) is 16.3 Å². The topological polar surface area (TPSA) is 82.4 Å². The highest BCUT2D eigenvalue weighted by molar-refractivity contribution is 5.96. The molecular formula is C24H27N3O3. The van der Waals surface area contributed by atoms with Crippen molar-refractivity contribution >= 4 is 17.4 Å². The third-order valence-corrected chi connectivity index (χ3v) is 5.35. The van der Waals surface area contributed by atoms with Crippen molar-refractivity contribution in [2.24, 2.45) is 5.92 Å². The van der Waals surface area contributed by atoms with Crippen LogP contribution >= 0.6 is 0 Å². The molecule has 0 saturated carbocycles. The normalized spacial score (nSPS) is 14.8. The van der Waals surface area contributed by atoms with Gasteiger partial charge >= 0.3 is 0 Å². The zero-order valence-electron chi connectivity index (χ0n) is 17.3. The first-order valence-electron chi connectivity index (χ1n) is 10.2. The maximum atomic E-state index is 12.3. The van der Waals surface area contributed by atoms with Gasteiger partial charge in [0.15, 0.2) is 5.78 Å². The van der Waals surface area contributed by atoms with Crippen LogP contribution in [-0.4, -0.2) is 42.8 Å². The maximum Gasteiger partial charge on any atom is 0.238 e. The van der Waals surface area contributed by atoms with Gasteiger partial charge in [-0.3, -0.25) is 14.5 Å². The predicted octanol–water partition coefficient (Wildman–Crippen LogP) is 3.63. The number of nitriles is 1. The highest BCUT2D eigenvalue weighted by Crippen LogP contribution is 2.18. The molecule has 1 aliphatic heterocycles. The Morgan fingerprint density at radius 2 is 1.77 bits per heavy atom. The Morgan fingerprint density at radius 3 is 2.37 bits per heavy atom. The number of piperidine rings is 1. The molecule has 0 aliphatic carbocycles. The smallest absolute Gasteiger partial charge is 0.238 e. The summed E-state index contributed by atoms with van der Waals surface area (Å²) in [6.07, 6.45) is 2.02. The van der Waals surface area contributed by atoms with E-state index in [1.807, 2.05) is 12.1 Å². The fourth-order valence-corrected chi connectivity index (χ4v) is 3.52. The number of carbonyl (C=O) groups excluding carboxylic acids is 2. The molecule has 1 amide bonds. The molecule has 0 radical (unpaired) electrons. The minimum Gasteiger partial charge on any atom is -0.376 e. The molecule has 0 unspecified atom stereocenters. The number of nitrogens with one attached hydrogen (secondary N) is 1. The SMILES string of the molecule is CC(=O)c1ccc(NC(=O)CN2CCC(COCc3ccc(C#N)cc3)CC2)cc1. The quantitative estimate of drug-likeness (QED) is 0.678. The van der Waals surface area contributed by atoms with Gasteiger partial charge in [-0.05, 0) is 80.7 Å². The first-order chi connectivity index (χ1) is 14.5. The van der Waals surface area contributed by atoms with Crippen LogP contribution < -0.4 is 5.32 Å². The summed E-state index contributed by atoms with van der Waals surface area (Å²) in [7, 11) is 0. The molecule has 30 heavy (non-hydrogen) atoms. The summed E-state index contributed by atoms with van der Waals surface area (Å²) in [6, 6.07) is 16.5. The van der Waals surface area contributed by atoms with Crippen molar-refractivity contribution in [2.45, 2.75) is 26.4 Å². The molecule has 0 atom stereocenters. The summed E-state index contributed by atoms with van der Waals surface area (Å²) in [5.74, 6) is 0.472. The minimum absolute atomic E-state index is 0.0108. The molecule has 0 aromatic heterocycles. The van der Waals surface area contributed by atoms with E-state index in [0.29, 0.717) is 42.5 Å². The molecule has 2 aromatic carbocycles. The van der Waals surface area contributed by atoms with Gasteiger partial charge in [0, 0.05) is 17.9 Å². The number of anilines is 1. The van der Waals surface area contributed by atoms with Gasteiger partial charge in [-0.1, -0.05) is 12.1 Å². The Morgan fingerprint density at radius 1 is 1.10 bits per heavy atom. The number of ether oxygens (including phenoxy) is 1. The number of hydrogen-bond acceptors (Lipinski definition) is 5. The fraction of sp³-hybridized carbons (Fsp3) is 0.375. The van der Waals surface area contributed by atoms with Gasteiger partial charge in [0.25, 0.3) is 0 Å². The van der Waals surface area contributed by atoms with Gasteiger partial charge in [0.05, 0.1) is 24.8 Å². The van der Waals surface area contributed by atoms with E-state index >= 15 is 0 Å². The second-order valence-corrected chi connectivity index (χ2v) is 7.73. The average molecular weight is 405 g/mol. The molecule has 1 aliphatic rings. The zero-order chi connectivity index (χ0) is 21.3. The predicted molar refractivity (Wildman–Crippen MR) is 115 cm³/mol. The molecular weight excluding hydrogens is 378 g/mol. The Bertz CT molecular complexity index is 893.